The van der Waals surface area contributed by atoms with Crippen LogP contribution in [-0.4, -0.2) is 36.3 Å². The van der Waals surface area contributed by atoms with Crippen LogP contribution in [-0.2, 0) is 11.3 Å². The average molecular weight is 373 g/mol. The Morgan fingerprint density at radius 1 is 1.15 bits per heavy atom. The molecule has 0 radical (unpaired) electrons. The highest BCUT2D eigenvalue weighted by Crippen LogP contribution is 2.21. The number of para-hydroxylation sites is 1. The van der Waals surface area contributed by atoms with E-state index in [1.165, 1.54) is 12.1 Å². The maximum atomic E-state index is 13.7. The first-order chi connectivity index (χ1) is 12.9. The topological polar surface area (TPSA) is 61.4 Å². The highest BCUT2D eigenvalue weighted by atomic mass is 19.1. The lowest BCUT2D eigenvalue weighted by molar-refractivity contribution is -0.117. The van der Waals surface area contributed by atoms with Crippen molar-refractivity contribution in [2.45, 2.75) is 25.4 Å². The normalized spacial score (nSPS) is 13.5. The molecule has 0 heterocycles. The number of hydrogen-bond donors (Lipinski definition) is 2. The molecule has 1 aliphatic carbocycles. The van der Waals surface area contributed by atoms with Crippen LogP contribution in [0.5, 0.6) is 0 Å². The third-order valence-corrected chi connectivity index (χ3v) is 4.23. The molecule has 3 rings (SSSR count). The lowest BCUT2D eigenvalue weighted by atomic mass is 10.1. The fourth-order valence-corrected chi connectivity index (χ4v) is 2.71. The number of rotatable bonds is 7. The summed E-state index contributed by atoms with van der Waals surface area (Å²) in [5, 5.41) is 5.63. The quantitative estimate of drug-likeness (QED) is 0.785. The Morgan fingerprint density at radius 3 is 2.59 bits per heavy atom. The number of anilines is 1. The molecule has 0 spiro atoms. The number of carbonyl (C=O) groups excluding carboxylic acids is 2. The van der Waals surface area contributed by atoms with Gasteiger partial charge in [0.05, 0.1) is 17.8 Å². The molecule has 2 aromatic carbocycles. The van der Waals surface area contributed by atoms with Crippen molar-refractivity contribution in [2.75, 3.05) is 18.9 Å². The second-order valence-corrected chi connectivity index (χ2v) is 6.75. The van der Waals surface area contributed by atoms with E-state index in [0.717, 1.165) is 18.9 Å². The van der Waals surface area contributed by atoms with Gasteiger partial charge in [0, 0.05) is 24.2 Å². The maximum Gasteiger partial charge on any atom is 0.253 e. The summed E-state index contributed by atoms with van der Waals surface area (Å²) in [6, 6.07) is 10.4. The molecule has 7 heteroatoms. The Balaban J connectivity index is 1.59. The van der Waals surface area contributed by atoms with Gasteiger partial charge in [-0.3, -0.25) is 14.5 Å². The molecule has 2 amide bonds. The van der Waals surface area contributed by atoms with E-state index in [1.54, 1.807) is 36.2 Å². The van der Waals surface area contributed by atoms with E-state index in [9.17, 15) is 18.4 Å². The molecule has 0 aliphatic heterocycles. The van der Waals surface area contributed by atoms with Crippen LogP contribution in [0.1, 0.15) is 28.8 Å². The molecule has 27 heavy (non-hydrogen) atoms. The first-order valence-electron chi connectivity index (χ1n) is 8.74. The first kappa shape index (κ1) is 19.0. The van der Waals surface area contributed by atoms with Crippen LogP contribution >= 0.6 is 0 Å². The molecule has 1 fully saturated rings. The monoisotopic (exact) mass is 373 g/mol. The Kier molecular flexibility index (Phi) is 5.81. The van der Waals surface area contributed by atoms with Crippen molar-refractivity contribution in [3.63, 3.8) is 0 Å². The van der Waals surface area contributed by atoms with Crippen molar-refractivity contribution in [3.8, 4) is 0 Å². The maximum absolute atomic E-state index is 13.7. The fraction of sp³-hybridized carbons (Fsp3) is 0.300. The van der Waals surface area contributed by atoms with Crippen molar-refractivity contribution in [1.82, 2.24) is 10.2 Å². The summed E-state index contributed by atoms with van der Waals surface area (Å²) in [6.07, 6.45) is 1.95. The SMILES string of the molecule is CN(CC(=O)Nc1ccccc1C(=O)NC1CC1)Cc1ccc(F)cc1F. The van der Waals surface area contributed by atoms with Crippen molar-refractivity contribution in [3.05, 3.63) is 65.2 Å². The third kappa shape index (κ3) is 5.34. The molecule has 0 atom stereocenters. The Morgan fingerprint density at radius 2 is 1.89 bits per heavy atom. The zero-order valence-electron chi connectivity index (χ0n) is 15.0. The summed E-state index contributed by atoms with van der Waals surface area (Å²) in [6.45, 7) is 0.152. The Labute approximate surface area is 156 Å². The summed E-state index contributed by atoms with van der Waals surface area (Å²) in [4.78, 5) is 26.2. The van der Waals surface area contributed by atoms with Crippen LogP contribution in [0.2, 0.25) is 0 Å². The summed E-state index contributed by atoms with van der Waals surface area (Å²) in [7, 11) is 1.66. The molecular formula is C20H21F2N3O2. The number of hydrogen-bond acceptors (Lipinski definition) is 3. The van der Waals surface area contributed by atoms with Crippen LogP contribution < -0.4 is 10.6 Å². The molecule has 1 aliphatic rings. The van der Waals surface area contributed by atoms with Gasteiger partial charge in [0.1, 0.15) is 11.6 Å². The van der Waals surface area contributed by atoms with Gasteiger partial charge in [-0.25, -0.2) is 8.78 Å². The zero-order valence-corrected chi connectivity index (χ0v) is 15.0. The number of carbonyl (C=O) groups is 2. The Hall–Kier alpha value is -2.80. The molecule has 0 bridgehead atoms. The van der Waals surface area contributed by atoms with Crippen LogP contribution in [0, 0.1) is 11.6 Å². The second-order valence-electron chi connectivity index (χ2n) is 6.75. The fourth-order valence-electron chi connectivity index (χ4n) is 2.71. The van der Waals surface area contributed by atoms with Crippen LogP contribution in [0.3, 0.4) is 0 Å². The minimum atomic E-state index is -0.649. The summed E-state index contributed by atoms with van der Waals surface area (Å²) in [5.74, 6) is -1.83. The summed E-state index contributed by atoms with van der Waals surface area (Å²) >= 11 is 0. The van der Waals surface area contributed by atoms with Crippen LogP contribution in [0.25, 0.3) is 0 Å². The van der Waals surface area contributed by atoms with E-state index in [2.05, 4.69) is 10.6 Å². The van der Waals surface area contributed by atoms with E-state index < -0.39 is 11.6 Å². The van der Waals surface area contributed by atoms with Gasteiger partial charge in [0.2, 0.25) is 5.91 Å². The average Bonchev–Trinajstić information content (AvgIpc) is 3.41. The first-order valence-corrected chi connectivity index (χ1v) is 8.74. The van der Waals surface area contributed by atoms with Crippen molar-refractivity contribution in [2.24, 2.45) is 0 Å². The number of nitrogens with zero attached hydrogens (tertiary/aromatic N) is 1. The molecule has 0 unspecified atom stereocenters. The number of amides is 2. The molecular weight excluding hydrogens is 352 g/mol. The smallest absolute Gasteiger partial charge is 0.253 e. The number of likely N-dealkylation sites (N-methyl/N-ethyl adjacent to an activating group) is 1. The van der Waals surface area contributed by atoms with Gasteiger partial charge in [0.25, 0.3) is 5.91 Å². The molecule has 0 saturated heterocycles. The zero-order chi connectivity index (χ0) is 19.4. The Bertz CT molecular complexity index is 853. The van der Waals surface area contributed by atoms with Gasteiger partial charge < -0.3 is 10.6 Å². The molecule has 5 nitrogen and oxygen atoms in total. The molecule has 0 aromatic heterocycles. The number of halogens is 2. The number of nitrogens with one attached hydrogen (secondary N) is 2. The molecule has 1 saturated carbocycles. The highest BCUT2D eigenvalue weighted by molar-refractivity contribution is 6.04. The van der Waals surface area contributed by atoms with Gasteiger partial charge >= 0.3 is 0 Å². The van der Waals surface area contributed by atoms with Crippen LogP contribution in [0.15, 0.2) is 42.5 Å². The van der Waals surface area contributed by atoms with Gasteiger partial charge in [-0.15, -0.1) is 0 Å². The molecule has 2 aromatic rings. The van der Waals surface area contributed by atoms with Gasteiger partial charge in [-0.1, -0.05) is 18.2 Å². The van der Waals surface area contributed by atoms with E-state index in [-0.39, 0.29) is 30.9 Å². The van der Waals surface area contributed by atoms with Crippen LogP contribution in [0.4, 0.5) is 14.5 Å². The van der Waals surface area contributed by atoms with Crippen molar-refractivity contribution >= 4 is 17.5 Å². The van der Waals surface area contributed by atoms with E-state index in [0.29, 0.717) is 16.8 Å². The van der Waals surface area contributed by atoms with E-state index >= 15 is 0 Å². The van der Waals surface area contributed by atoms with Gasteiger partial charge in [0.15, 0.2) is 0 Å². The predicted molar refractivity (Wildman–Crippen MR) is 98.3 cm³/mol. The van der Waals surface area contributed by atoms with Gasteiger partial charge in [-0.2, -0.15) is 0 Å². The number of benzene rings is 2. The molecule has 2 N–H and O–H groups in total. The minimum Gasteiger partial charge on any atom is -0.349 e. The standard InChI is InChI=1S/C20H21F2N3O2/c1-25(11-13-6-7-14(21)10-17(13)22)12-19(26)24-18-5-3-2-4-16(18)20(27)23-15-8-9-15/h2-7,10,15H,8-9,11-12H2,1H3,(H,23,27)(H,24,26). The third-order valence-electron chi connectivity index (χ3n) is 4.23. The van der Waals surface area contributed by atoms with Crippen molar-refractivity contribution in [1.29, 1.82) is 0 Å². The van der Waals surface area contributed by atoms with E-state index in [4.69, 9.17) is 0 Å². The largest absolute Gasteiger partial charge is 0.349 e. The summed E-state index contributed by atoms with van der Waals surface area (Å²) < 4.78 is 26.7. The predicted octanol–water partition coefficient (Wildman–Crippen LogP) is 2.93. The lowest BCUT2D eigenvalue weighted by Gasteiger charge is -2.17. The second kappa shape index (κ2) is 8.26. The summed E-state index contributed by atoms with van der Waals surface area (Å²) in [5.41, 5.74) is 1.14. The minimum absolute atomic E-state index is 0.00457. The highest BCUT2D eigenvalue weighted by Gasteiger charge is 2.25. The van der Waals surface area contributed by atoms with Gasteiger partial charge in [-0.05, 0) is 38.1 Å². The molecule has 142 valence electrons. The lowest BCUT2D eigenvalue weighted by Crippen LogP contribution is -2.31. The van der Waals surface area contributed by atoms with E-state index in [1.807, 2.05) is 0 Å². The van der Waals surface area contributed by atoms with Crippen molar-refractivity contribution < 1.29 is 18.4 Å².